The van der Waals surface area contributed by atoms with Crippen LogP contribution in [0.25, 0.3) is 11.4 Å². The highest BCUT2D eigenvalue weighted by Crippen LogP contribution is 2.21. The summed E-state index contributed by atoms with van der Waals surface area (Å²) in [6.07, 6.45) is 0.485. The summed E-state index contributed by atoms with van der Waals surface area (Å²) >= 11 is 0. The zero-order chi connectivity index (χ0) is 21.2. The highest BCUT2D eigenvalue weighted by Gasteiger charge is 2.35. The van der Waals surface area contributed by atoms with E-state index in [1.54, 1.807) is 4.90 Å². The van der Waals surface area contributed by atoms with Gasteiger partial charge >= 0.3 is 0 Å². The van der Waals surface area contributed by atoms with Crippen LogP contribution in [0.2, 0.25) is 0 Å². The number of amides is 1. The SMILES string of the molecule is CC(C)CN(C(=O)Cn1nnc(-c2ccc(C(C)C)cc2)n1)[C@H]1CCS(=O)(=O)C1. The molecule has 1 fully saturated rings. The number of carbonyl (C=O) groups excluding carboxylic acids is 1. The molecule has 8 nitrogen and oxygen atoms in total. The predicted molar refractivity (Wildman–Crippen MR) is 111 cm³/mol. The first-order valence-electron chi connectivity index (χ1n) is 10.0. The van der Waals surface area contributed by atoms with E-state index in [1.165, 1.54) is 10.4 Å². The smallest absolute Gasteiger partial charge is 0.246 e. The van der Waals surface area contributed by atoms with E-state index in [-0.39, 0.29) is 35.9 Å². The number of carbonyl (C=O) groups is 1. The van der Waals surface area contributed by atoms with Crippen molar-refractivity contribution in [2.45, 2.75) is 52.6 Å². The molecule has 0 radical (unpaired) electrons. The molecule has 1 amide bonds. The van der Waals surface area contributed by atoms with E-state index >= 15 is 0 Å². The number of sulfone groups is 1. The Labute approximate surface area is 172 Å². The van der Waals surface area contributed by atoms with E-state index in [4.69, 9.17) is 0 Å². The second kappa shape index (κ2) is 8.61. The minimum absolute atomic E-state index is 0.0314. The van der Waals surface area contributed by atoms with E-state index in [0.717, 1.165) is 5.56 Å². The molecule has 0 saturated carbocycles. The maximum Gasteiger partial charge on any atom is 0.246 e. The number of benzene rings is 1. The van der Waals surface area contributed by atoms with Gasteiger partial charge in [0.15, 0.2) is 9.84 Å². The van der Waals surface area contributed by atoms with Crippen molar-refractivity contribution in [3.05, 3.63) is 29.8 Å². The lowest BCUT2D eigenvalue weighted by Gasteiger charge is -2.29. The fourth-order valence-corrected chi connectivity index (χ4v) is 5.25. The highest BCUT2D eigenvalue weighted by atomic mass is 32.2. The van der Waals surface area contributed by atoms with Gasteiger partial charge in [-0.2, -0.15) is 4.80 Å². The first kappa shape index (κ1) is 21.4. The monoisotopic (exact) mass is 419 g/mol. The van der Waals surface area contributed by atoms with Gasteiger partial charge in [-0.1, -0.05) is 52.0 Å². The van der Waals surface area contributed by atoms with E-state index in [1.807, 2.05) is 38.1 Å². The van der Waals surface area contributed by atoms with Crippen molar-refractivity contribution >= 4 is 15.7 Å². The molecular weight excluding hydrogens is 390 g/mol. The Balaban J connectivity index is 1.72. The Kier molecular flexibility index (Phi) is 6.36. The molecule has 0 N–H and O–H groups in total. The second-order valence-electron chi connectivity index (χ2n) is 8.42. The average Bonchev–Trinajstić information content (AvgIpc) is 3.25. The Morgan fingerprint density at radius 2 is 1.90 bits per heavy atom. The van der Waals surface area contributed by atoms with Crippen molar-refractivity contribution < 1.29 is 13.2 Å². The predicted octanol–water partition coefficient (Wildman–Crippen LogP) is 2.14. The van der Waals surface area contributed by atoms with Gasteiger partial charge in [-0.3, -0.25) is 4.79 Å². The summed E-state index contributed by atoms with van der Waals surface area (Å²) in [5.41, 5.74) is 2.07. The first-order chi connectivity index (χ1) is 13.6. The lowest BCUT2D eigenvalue weighted by molar-refractivity contribution is -0.134. The van der Waals surface area contributed by atoms with Crippen LogP contribution < -0.4 is 0 Å². The molecule has 158 valence electrons. The lowest BCUT2D eigenvalue weighted by atomic mass is 10.0. The van der Waals surface area contributed by atoms with Crippen molar-refractivity contribution in [2.75, 3.05) is 18.1 Å². The summed E-state index contributed by atoms with van der Waals surface area (Å²) in [6.45, 7) is 8.74. The van der Waals surface area contributed by atoms with Gasteiger partial charge in [0.05, 0.1) is 11.5 Å². The van der Waals surface area contributed by atoms with E-state index in [0.29, 0.717) is 24.7 Å². The Bertz CT molecular complexity index is 951. The zero-order valence-corrected chi connectivity index (χ0v) is 18.3. The van der Waals surface area contributed by atoms with Crippen LogP contribution >= 0.6 is 0 Å². The van der Waals surface area contributed by atoms with Crippen LogP contribution in [0.15, 0.2) is 24.3 Å². The van der Waals surface area contributed by atoms with Crippen molar-refractivity contribution in [3.63, 3.8) is 0 Å². The van der Waals surface area contributed by atoms with Gasteiger partial charge in [-0.15, -0.1) is 10.2 Å². The van der Waals surface area contributed by atoms with Crippen LogP contribution in [0.3, 0.4) is 0 Å². The Morgan fingerprint density at radius 3 is 2.45 bits per heavy atom. The van der Waals surface area contributed by atoms with Crippen LogP contribution in [0.4, 0.5) is 0 Å². The van der Waals surface area contributed by atoms with Gasteiger partial charge in [0, 0.05) is 18.2 Å². The number of nitrogens with zero attached hydrogens (tertiary/aromatic N) is 5. The summed E-state index contributed by atoms with van der Waals surface area (Å²) in [7, 11) is -3.07. The van der Waals surface area contributed by atoms with Crippen molar-refractivity contribution in [1.29, 1.82) is 0 Å². The standard InChI is InChI=1S/C20H29N5O3S/c1-14(2)11-24(18-9-10-29(27,28)13-18)19(26)12-25-22-20(21-23-25)17-7-5-16(6-8-17)15(3)4/h5-8,14-15,18H,9-13H2,1-4H3/t18-/m0/s1. The quantitative estimate of drug-likeness (QED) is 0.682. The lowest BCUT2D eigenvalue weighted by Crippen LogP contribution is -2.45. The van der Waals surface area contributed by atoms with Crippen LogP contribution in [0.5, 0.6) is 0 Å². The maximum atomic E-state index is 12.9. The van der Waals surface area contributed by atoms with Crippen LogP contribution in [-0.2, 0) is 21.2 Å². The summed E-state index contributed by atoms with van der Waals surface area (Å²) in [6, 6.07) is 7.70. The molecule has 2 aromatic rings. The molecule has 2 heterocycles. The van der Waals surface area contributed by atoms with E-state index in [2.05, 4.69) is 29.3 Å². The van der Waals surface area contributed by atoms with Gasteiger partial charge in [0.1, 0.15) is 6.54 Å². The van der Waals surface area contributed by atoms with Gasteiger partial charge < -0.3 is 4.90 Å². The van der Waals surface area contributed by atoms with Gasteiger partial charge in [0.25, 0.3) is 0 Å². The van der Waals surface area contributed by atoms with Crippen molar-refractivity contribution in [3.8, 4) is 11.4 Å². The third-order valence-electron chi connectivity index (χ3n) is 5.10. The molecule has 0 unspecified atom stereocenters. The Morgan fingerprint density at radius 1 is 1.21 bits per heavy atom. The van der Waals surface area contributed by atoms with Crippen molar-refractivity contribution in [2.24, 2.45) is 5.92 Å². The second-order valence-corrected chi connectivity index (χ2v) is 10.6. The van der Waals surface area contributed by atoms with Crippen LogP contribution in [0.1, 0.15) is 45.6 Å². The Hall–Kier alpha value is -2.29. The summed E-state index contributed by atoms with van der Waals surface area (Å²) in [5, 5.41) is 12.4. The molecule has 29 heavy (non-hydrogen) atoms. The molecule has 1 atom stereocenters. The molecule has 0 bridgehead atoms. The number of hydrogen-bond acceptors (Lipinski definition) is 6. The topological polar surface area (TPSA) is 98.1 Å². The largest absolute Gasteiger partial charge is 0.337 e. The normalized spacial score (nSPS) is 18.5. The first-order valence-corrected chi connectivity index (χ1v) is 11.8. The molecule has 1 saturated heterocycles. The molecule has 9 heteroatoms. The fraction of sp³-hybridized carbons (Fsp3) is 0.600. The molecular formula is C20H29N5O3S. The van der Waals surface area contributed by atoms with Crippen LogP contribution in [-0.4, -0.2) is 63.5 Å². The highest BCUT2D eigenvalue weighted by molar-refractivity contribution is 7.91. The van der Waals surface area contributed by atoms with E-state index in [9.17, 15) is 13.2 Å². The molecule has 1 aromatic carbocycles. The van der Waals surface area contributed by atoms with Gasteiger partial charge in [-0.05, 0) is 29.0 Å². The van der Waals surface area contributed by atoms with Crippen LogP contribution in [0, 0.1) is 5.92 Å². The summed E-state index contributed by atoms with van der Waals surface area (Å²) in [5.74, 6) is 1.13. The average molecular weight is 420 g/mol. The van der Waals surface area contributed by atoms with Gasteiger partial charge in [-0.25, -0.2) is 8.42 Å². The number of tetrazole rings is 1. The molecule has 1 aromatic heterocycles. The number of aromatic nitrogens is 4. The minimum Gasteiger partial charge on any atom is -0.337 e. The molecule has 1 aliphatic heterocycles. The van der Waals surface area contributed by atoms with Gasteiger partial charge in [0.2, 0.25) is 11.7 Å². The third kappa shape index (κ3) is 5.41. The minimum atomic E-state index is -3.07. The maximum absolute atomic E-state index is 12.9. The molecule has 1 aliphatic rings. The number of hydrogen-bond donors (Lipinski definition) is 0. The molecule has 3 rings (SSSR count). The third-order valence-corrected chi connectivity index (χ3v) is 6.85. The fourth-order valence-electron chi connectivity index (χ4n) is 3.52. The zero-order valence-electron chi connectivity index (χ0n) is 17.4. The summed E-state index contributed by atoms with van der Waals surface area (Å²) in [4.78, 5) is 15.9. The number of rotatable bonds is 7. The molecule has 0 aliphatic carbocycles. The van der Waals surface area contributed by atoms with E-state index < -0.39 is 9.84 Å². The molecule has 0 spiro atoms. The summed E-state index contributed by atoms with van der Waals surface area (Å²) < 4.78 is 23.7. The van der Waals surface area contributed by atoms with Crippen molar-refractivity contribution in [1.82, 2.24) is 25.1 Å².